The van der Waals surface area contributed by atoms with Crippen LogP contribution in [0.25, 0.3) is 0 Å². The van der Waals surface area contributed by atoms with Crippen molar-refractivity contribution in [2.24, 2.45) is 17.8 Å². The smallest absolute Gasteiger partial charge is 0.0348 e. The fraction of sp³-hybridized carbons (Fsp3) is 0.833. The largest absolute Gasteiger partial charge is 0.0885 e. The van der Waals surface area contributed by atoms with Gasteiger partial charge in [-0.15, -0.1) is 0 Å². The lowest BCUT2D eigenvalue weighted by Gasteiger charge is -2.10. The molecule has 1 saturated carbocycles. The molecule has 2 aliphatic carbocycles. The summed E-state index contributed by atoms with van der Waals surface area (Å²) in [6.07, 6.45) is 13.3. The molecule has 1 fully saturated rings. The van der Waals surface area contributed by atoms with E-state index >= 15 is 0 Å². The predicted molar refractivity (Wildman–Crippen MR) is 53.0 cm³/mol. The fourth-order valence-electron chi connectivity index (χ4n) is 2.61. The molecule has 0 N–H and O–H groups in total. The summed E-state index contributed by atoms with van der Waals surface area (Å²) in [6.45, 7) is 2.44. The van der Waals surface area contributed by atoms with Crippen molar-refractivity contribution in [1.82, 2.24) is 0 Å². The van der Waals surface area contributed by atoms with Gasteiger partial charge in [-0.05, 0) is 56.3 Å². The Labute approximate surface area is 76.1 Å². The van der Waals surface area contributed by atoms with Crippen LogP contribution >= 0.6 is 0 Å². The number of rotatable bonds is 0. The van der Waals surface area contributed by atoms with Crippen LogP contribution < -0.4 is 0 Å². The maximum Gasteiger partial charge on any atom is -0.0348 e. The average Bonchev–Trinajstić information content (AvgIpc) is 2.82. The summed E-state index contributed by atoms with van der Waals surface area (Å²) in [4.78, 5) is 0. The van der Waals surface area contributed by atoms with Crippen molar-refractivity contribution in [3.05, 3.63) is 12.2 Å². The molecule has 3 unspecified atom stereocenters. The quantitative estimate of drug-likeness (QED) is 0.478. The highest BCUT2D eigenvalue weighted by Gasteiger charge is 2.39. The van der Waals surface area contributed by atoms with Crippen LogP contribution in [0.15, 0.2) is 12.2 Å². The molecule has 2 rings (SSSR count). The van der Waals surface area contributed by atoms with Crippen molar-refractivity contribution in [3.63, 3.8) is 0 Å². The van der Waals surface area contributed by atoms with E-state index in [2.05, 4.69) is 19.1 Å². The van der Waals surface area contributed by atoms with Gasteiger partial charge < -0.3 is 0 Å². The van der Waals surface area contributed by atoms with Crippen molar-refractivity contribution in [3.8, 4) is 0 Å². The maximum atomic E-state index is 2.44. The number of fused-ring (bicyclic) bond motifs is 1. The van der Waals surface area contributed by atoms with Gasteiger partial charge in [-0.2, -0.15) is 0 Å². The van der Waals surface area contributed by atoms with E-state index in [9.17, 15) is 0 Å². The van der Waals surface area contributed by atoms with Crippen LogP contribution in [0.3, 0.4) is 0 Å². The van der Waals surface area contributed by atoms with Crippen LogP contribution in [0.5, 0.6) is 0 Å². The standard InChI is InChI=1S/C12H20/c1-10-7-5-3-2-4-6-8-11-9-12(10)11/h2-3,10-12H,4-9H2,1H3. The van der Waals surface area contributed by atoms with Crippen LogP contribution in [0.1, 0.15) is 45.4 Å². The maximum absolute atomic E-state index is 2.44. The molecule has 0 spiro atoms. The van der Waals surface area contributed by atoms with Crippen molar-refractivity contribution in [2.45, 2.75) is 45.4 Å². The highest BCUT2D eigenvalue weighted by molar-refractivity contribution is 4.93. The Bertz CT molecular complexity index is 169. The molecule has 0 aromatic rings. The molecule has 0 aromatic heterocycles. The first-order chi connectivity index (χ1) is 5.88. The van der Waals surface area contributed by atoms with Gasteiger partial charge in [-0.1, -0.05) is 19.1 Å². The zero-order valence-electron chi connectivity index (χ0n) is 8.13. The molecular weight excluding hydrogens is 144 g/mol. The third-order valence-corrected chi connectivity index (χ3v) is 3.61. The molecule has 0 heteroatoms. The molecule has 3 atom stereocenters. The topological polar surface area (TPSA) is 0 Å². The van der Waals surface area contributed by atoms with Crippen LogP contribution in [-0.2, 0) is 0 Å². The molecule has 0 aromatic carbocycles. The van der Waals surface area contributed by atoms with E-state index in [1.165, 1.54) is 32.1 Å². The molecule has 12 heavy (non-hydrogen) atoms. The Morgan fingerprint density at radius 1 is 1.08 bits per heavy atom. The summed E-state index contributed by atoms with van der Waals surface area (Å²) in [5.41, 5.74) is 0. The monoisotopic (exact) mass is 164 g/mol. The number of allylic oxidation sites excluding steroid dienone is 2. The second kappa shape index (κ2) is 3.64. The van der Waals surface area contributed by atoms with E-state index in [1.807, 2.05) is 0 Å². The van der Waals surface area contributed by atoms with Gasteiger partial charge in [0.25, 0.3) is 0 Å². The summed E-state index contributed by atoms with van der Waals surface area (Å²) in [5.74, 6) is 3.22. The third-order valence-electron chi connectivity index (χ3n) is 3.61. The Hall–Kier alpha value is -0.260. The number of hydrogen-bond acceptors (Lipinski definition) is 0. The molecule has 0 amide bonds. The van der Waals surface area contributed by atoms with Crippen molar-refractivity contribution >= 4 is 0 Å². The van der Waals surface area contributed by atoms with Gasteiger partial charge in [0.1, 0.15) is 0 Å². The molecule has 0 nitrogen and oxygen atoms in total. The molecule has 0 heterocycles. The lowest BCUT2D eigenvalue weighted by molar-refractivity contribution is 0.431. The zero-order chi connectivity index (χ0) is 8.39. The average molecular weight is 164 g/mol. The Morgan fingerprint density at radius 2 is 1.92 bits per heavy atom. The van der Waals surface area contributed by atoms with E-state index in [4.69, 9.17) is 0 Å². The Kier molecular flexibility index (Phi) is 2.53. The highest BCUT2D eigenvalue weighted by Crippen LogP contribution is 2.48. The summed E-state index contributed by atoms with van der Waals surface area (Å²) in [6, 6.07) is 0. The van der Waals surface area contributed by atoms with Gasteiger partial charge in [0.15, 0.2) is 0 Å². The van der Waals surface area contributed by atoms with Crippen LogP contribution in [0, 0.1) is 17.8 Å². The minimum atomic E-state index is 0.998. The Balaban J connectivity index is 1.88. The van der Waals surface area contributed by atoms with Gasteiger partial charge in [-0.25, -0.2) is 0 Å². The predicted octanol–water partition coefficient (Wildman–Crippen LogP) is 3.78. The SMILES string of the molecule is CC1CCC=CCCCC2CC12. The normalized spacial score (nSPS) is 41.9. The van der Waals surface area contributed by atoms with Crippen molar-refractivity contribution in [1.29, 1.82) is 0 Å². The molecule has 2 aliphatic rings. The van der Waals surface area contributed by atoms with Crippen molar-refractivity contribution in [2.75, 3.05) is 0 Å². The lowest BCUT2D eigenvalue weighted by atomic mass is 9.96. The summed E-state index contributed by atoms with van der Waals surface area (Å²) in [5, 5.41) is 0. The second-order valence-corrected chi connectivity index (χ2v) is 4.62. The minimum Gasteiger partial charge on any atom is -0.0885 e. The molecule has 0 saturated heterocycles. The van der Waals surface area contributed by atoms with Crippen molar-refractivity contribution < 1.29 is 0 Å². The van der Waals surface area contributed by atoms with E-state index in [0.717, 1.165) is 17.8 Å². The van der Waals surface area contributed by atoms with Gasteiger partial charge in [-0.3, -0.25) is 0 Å². The second-order valence-electron chi connectivity index (χ2n) is 4.62. The van der Waals surface area contributed by atoms with Gasteiger partial charge >= 0.3 is 0 Å². The number of hydrogen-bond donors (Lipinski definition) is 0. The first kappa shape index (κ1) is 8.34. The third kappa shape index (κ3) is 1.91. The van der Waals surface area contributed by atoms with Gasteiger partial charge in [0, 0.05) is 0 Å². The summed E-state index contributed by atoms with van der Waals surface area (Å²) >= 11 is 0. The summed E-state index contributed by atoms with van der Waals surface area (Å²) in [7, 11) is 0. The highest BCUT2D eigenvalue weighted by atomic mass is 14.4. The van der Waals surface area contributed by atoms with Crippen LogP contribution in [0.4, 0.5) is 0 Å². The molecular formula is C12H20. The van der Waals surface area contributed by atoms with E-state index in [0.29, 0.717) is 0 Å². The molecule has 0 radical (unpaired) electrons. The van der Waals surface area contributed by atoms with Crippen LogP contribution in [-0.4, -0.2) is 0 Å². The van der Waals surface area contributed by atoms with E-state index < -0.39 is 0 Å². The molecule has 0 aliphatic heterocycles. The zero-order valence-corrected chi connectivity index (χ0v) is 8.13. The molecule has 68 valence electrons. The summed E-state index contributed by atoms with van der Waals surface area (Å²) < 4.78 is 0. The first-order valence-corrected chi connectivity index (χ1v) is 5.53. The van der Waals surface area contributed by atoms with Gasteiger partial charge in [0.2, 0.25) is 0 Å². The minimum absolute atomic E-state index is 0.998. The van der Waals surface area contributed by atoms with E-state index in [1.54, 1.807) is 6.42 Å². The van der Waals surface area contributed by atoms with E-state index in [-0.39, 0.29) is 0 Å². The lowest BCUT2D eigenvalue weighted by Crippen LogP contribution is -1.99. The van der Waals surface area contributed by atoms with Crippen LogP contribution in [0.2, 0.25) is 0 Å². The molecule has 0 bridgehead atoms. The Morgan fingerprint density at radius 3 is 2.83 bits per heavy atom. The first-order valence-electron chi connectivity index (χ1n) is 5.53. The fourth-order valence-corrected chi connectivity index (χ4v) is 2.61. The van der Waals surface area contributed by atoms with Gasteiger partial charge in [0.05, 0.1) is 0 Å².